The van der Waals surface area contributed by atoms with Gasteiger partial charge in [-0.15, -0.1) is 0 Å². The number of hydrogen-bond acceptors (Lipinski definition) is 5. The molecule has 0 radical (unpaired) electrons. The second-order valence-corrected chi connectivity index (χ2v) is 4.36. The number of aromatic hydroxyl groups is 1. The van der Waals surface area contributed by atoms with E-state index in [2.05, 4.69) is 0 Å². The first kappa shape index (κ1) is 14.9. The van der Waals surface area contributed by atoms with E-state index < -0.39 is 11.6 Å². The predicted molar refractivity (Wildman–Crippen MR) is 68.6 cm³/mol. The summed E-state index contributed by atoms with van der Waals surface area (Å²) in [7, 11) is 1.45. The summed E-state index contributed by atoms with van der Waals surface area (Å²) in [5, 5.41) is 9.79. The van der Waals surface area contributed by atoms with Gasteiger partial charge in [-0.25, -0.2) is 0 Å². The highest BCUT2D eigenvalue weighted by Gasteiger charge is 2.19. The minimum atomic E-state index is -0.496. The van der Waals surface area contributed by atoms with E-state index in [0.717, 1.165) is 0 Å². The number of rotatable bonds is 6. The number of phenolic OH excluding ortho intramolecular Hbond substituents is 1. The summed E-state index contributed by atoms with van der Waals surface area (Å²) in [4.78, 5) is 34.2. The van der Waals surface area contributed by atoms with Crippen LogP contribution in [0.25, 0.3) is 0 Å². The number of ether oxygens (including phenoxy) is 1. The molecule has 1 aromatic rings. The Hall–Kier alpha value is -2.17. The first-order valence-corrected chi connectivity index (χ1v) is 5.77. The number of ketones is 3. The molecule has 1 rings (SSSR count). The maximum Gasteiger partial charge on any atom is 0.174 e. The van der Waals surface area contributed by atoms with Gasteiger partial charge in [-0.05, 0) is 25.5 Å². The predicted octanol–water partition coefficient (Wildman–Crippen LogP) is 1.83. The molecule has 1 aromatic carbocycles. The summed E-state index contributed by atoms with van der Waals surface area (Å²) < 4.78 is 4.96. The minimum Gasteiger partial charge on any atom is -0.507 e. The number of methoxy groups -OCH3 is 1. The molecule has 0 heterocycles. The summed E-state index contributed by atoms with van der Waals surface area (Å²) >= 11 is 0. The first-order valence-electron chi connectivity index (χ1n) is 5.77. The van der Waals surface area contributed by atoms with Crippen molar-refractivity contribution in [3.05, 3.63) is 23.3 Å². The van der Waals surface area contributed by atoms with Gasteiger partial charge in [0.25, 0.3) is 0 Å². The molecule has 0 bridgehead atoms. The molecule has 0 saturated carbocycles. The van der Waals surface area contributed by atoms with Crippen LogP contribution in [0.4, 0.5) is 0 Å². The van der Waals surface area contributed by atoms with Crippen molar-refractivity contribution in [2.24, 2.45) is 0 Å². The average molecular weight is 264 g/mol. The van der Waals surface area contributed by atoms with Crippen LogP contribution in [0.2, 0.25) is 0 Å². The van der Waals surface area contributed by atoms with Crippen LogP contribution in [-0.2, 0) is 9.59 Å². The van der Waals surface area contributed by atoms with E-state index in [4.69, 9.17) is 4.74 Å². The van der Waals surface area contributed by atoms with E-state index in [9.17, 15) is 19.5 Å². The Morgan fingerprint density at radius 3 is 2.32 bits per heavy atom. The van der Waals surface area contributed by atoms with E-state index >= 15 is 0 Å². The molecule has 0 aliphatic heterocycles. The number of carbonyl (C=O) groups is 3. The van der Waals surface area contributed by atoms with Crippen molar-refractivity contribution in [2.45, 2.75) is 26.7 Å². The van der Waals surface area contributed by atoms with E-state index in [0.29, 0.717) is 11.3 Å². The van der Waals surface area contributed by atoms with Crippen LogP contribution in [0.15, 0.2) is 12.1 Å². The topological polar surface area (TPSA) is 80.7 Å². The Morgan fingerprint density at radius 1 is 1.21 bits per heavy atom. The quantitative estimate of drug-likeness (QED) is 0.626. The van der Waals surface area contributed by atoms with Crippen molar-refractivity contribution in [1.82, 2.24) is 0 Å². The maximum atomic E-state index is 11.9. The van der Waals surface area contributed by atoms with Crippen LogP contribution in [0.3, 0.4) is 0 Å². The van der Waals surface area contributed by atoms with Gasteiger partial charge in [-0.3, -0.25) is 14.4 Å². The van der Waals surface area contributed by atoms with Crippen LogP contribution in [0.5, 0.6) is 11.5 Å². The molecule has 0 aliphatic carbocycles. The van der Waals surface area contributed by atoms with Crippen molar-refractivity contribution in [3.8, 4) is 11.5 Å². The zero-order valence-corrected chi connectivity index (χ0v) is 11.1. The molecule has 102 valence electrons. The summed E-state index contributed by atoms with van der Waals surface area (Å²) in [5.41, 5.74) is 0.621. The third-order valence-corrected chi connectivity index (χ3v) is 2.61. The molecule has 0 fully saturated rings. The highest BCUT2D eigenvalue weighted by atomic mass is 16.5. The van der Waals surface area contributed by atoms with E-state index in [1.165, 1.54) is 20.1 Å². The molecule has 0 unspecified atom stereocenters. The fraction of sp³-hybridized carbons (Fsp3) is 0.357. The summed E-state index contributed by atoms with van der Waals surface area (Å²) in [6.07, 6.45) is -0.651. The van der Waals surface area contributed by atoms with Gasteiger partial charge in [0.1, 0.15) is 23.1 Å². The van der Waals surface area contributed by atoms with Crippen LogP contribution in [0.1, 0.15) is 35.7 Å². The van der Waals surface area contributed by atoms with Gasteiger partial charge in [-0.2, -0.15) is 0 Å². The average Bonchev–Trinajstić information content (AvgIpc) is 2.26. The SMILES string of the molecule is COc1cc(C)c(C(=O)CC(=O)CC(C)=O)c(O)c1. The zero-order chi connectivity index (χ0) is 14.6. The van der Waals surface area contributed by atoms with Gasteiger partial charge in [0.2, 0.25) is 0 Å². The Labute approximate surface area is 111 Å². The maximum absolute atomic E-state index is 11.9. The molecule has 1 N–H and O–H groups in total. The second-order valence-electron chi connectivity index (χ2n) is 4.36. The number of carbonyl (C=O) groups excluding carboxylic acids is 3. The van der Waals surface area contributed by atoms with Crippen molar-refractivity contribution in [3.63, 3.8) is 0 Å². The fourth-order valence-electron chi connectivity index (χ4n) is 1.82. The lowest BCUT2D eigenvalue weighted by Gasteiger charge is -2.09. The van der Waals surface area contributed by atoms with Gasteiger partial charge in [0, 0.05) is 6.07 Å². The Bertz CT molecular complexity index is 508. The van der Waals surface area contributed by atoms with Crippen molar-refractivity contribution in [1.29, 1.82) is 0 Å². The zero-order valence-electron chi connectivity index (χ0n) is 11.1. The lowest BCUT2D eigenvalue weighted by atomic mass is 9.98. The van der Waals surface area contributed by atoms with Gasteiger partial charge < -0.3 is 9.84 Å². The molecule has 0 amide bonds. The summed E-state index contributed by atoms with van der Waals surface area (Å²) in [6, 6.07) is 2.91. The van der Waals surface area contributed by atoms with Crippen LogP contribution in [0, 0.1) is 6.92 Å². The van der Waals surface area contributed by atoms with E-state index in [1.54, 1.807) is 13.0 Å². The number of aryl methyl sites for hydroxylation is 1. The lowest BCUT2D eigenvalue weighted by Crippen LogP contribution is -2.12. The van der Waals surface area contributed by atoms with Crippen molar-refractivity contribution in [2.75, 3.05) is 7.11 Å². The molecule has 0 atom stereocenters. The summed E-state index contributed by atoms with van der Waals surface area (Å²) in [6.45, 7) is 2.93. The number of phenols is 1. The van der Waals surface area contributed by atoms with Gasteiger partial charge in [-0.1, -0.05) is 0 Å². The van der Waals surface area contributed by atoms with Gasteiger partial charge >= 0.3 is 0 Å². The van der Waals surface area contributed by atoms with E-state index in [-0.39, 0.29) is 29.9 Å². The fourth-order valence-corrected chi connectivity index (χ4v) is 1.82. The molecule has 0 saturated heterocycles. The van der Waals surface area contributed by atoms with Crippen LogP contribution >= 0.6 is 0 Å². The normalized spacial score (nSPS) is 10.1. The number of hydrogen-bond donors (Lipinski definition) is 1. The molecule has 19 heavy (non-hydrogen) atoms. The van der Waals surface area contributed by atoms with Crippen LogP contribution < -0.4 is 4.74 Å². The van der Waals surface area contributed by atoms with E-state index in [1.807, 2.05) is 0 Å². The first-order chi connectivity index (χ1) is 8.85. The largest absolute Gasteiger partial charge is 0.507 e. The monoisotopic (exact) mass is 264 g/mol. The lowest BCUT2D eigenvalue weighted by molar-refractivity contribution is -0.125. The highest BCUT2D eigenvalue weighted by Crippen LogP contribution is 2.28. The minimum absolute atomic E-state index is 0.0951. The summed E-state index contributed by atoms with van der Waals surface area (Å²) in [5.74, 6) is -1.02. The molecule has 5 heteroatoms. The third-order valence-electron chi connectivity index (χ3n) is 2.61. The van der Waals surface area contributed by atoms with Gasteiger partial charge in [0.05, 0.1) is 25.5 Å². The van der Waals surface area contributed by atoms with Crippen LogP contribution in [-0.4, -0.2) is 29.6 Å². The second kappa shape index (κ2) is 6.13. The molecular weight excluding hydrogens is 248 g/mol. The smallest absolute Gasteiger partial charge is 0.174 e. The standard InChI is InChI=1S/C14H16O5/c1-8-4-11(19-3)7-13(18)14(8)12(17)6-10(16)5-9(2)15/h4,7,18H,5-6H2,1-3H3. The Morgan fingerprint density at radius 2 is 1.84 bits per heavy atom. The van der Waals surface area contributed by atoms with Crippen molar-refractivity contribution < 1.29 is 24.2 Å². The number of Topliss-reactive ketones (excluding diaryl/α,β-unsaturated/α-hetero) is 3. The molecular formula is C14H16O5. The molecule has 0 aliphatic rings. The Kier molecular flexibility index (Phi) is 4.80. The Balaban J connectivity index is 2.94. The molecule has 0 spiro atoms. The third kappa shape index (κ3) is 3.91. The highest BCUT2D eigenvalue weighted by molar-refractivity contribution is 6.13. The molecule has 5 nitrogen and oxygen atoms in total. The van der Waals surface area contributed by atoms with Crippen molar-refractivity contribution >= 4 is 17.3 Å². The molecule has 0 aromatic heterocycles. The number of benzene rings is 1. The van der Waals surface area contributed by atoms with Gasteiger partial charge in [0.15, 0.2) is 5.78 Å².